The van der Waals surface area contributed by atoms with Crippen molar-refractivity contribution in [3.05, 3.63) is 35.0 Å². The second kappa shape index (κ2) is 3.95. The molecule has 0 aliphatic heterocycles. The summed E-state index contributed by atoms with van der Waals surface area (Å²) in [5.74, 6) is 0.796. The standard InChI is InChI=1S/C11H11ClN2O/c1-7-10(12)11(14-13-7)8-4-3-5-9(6-8)15-2/h3-6H,1-2H3,(H,13,14). The number of hydrogen-bond donors (Lipinski definition) is 1. The van der Waals surface area contributed by atoms with E-state index < -0.39 is 0 Å². The molecule has 78 valence electrons. The average Bonchev–Trinajstić information content (AvgIpc) is 2.60. The van der Waals surface area contributed by atoms with Crippen LogP contribution in [0.3, 0.4) is 0 Å². The number of ether oxygens (including phenoxy) is 1. The van der Waals surface area contributed by atoms with Crippen molar-refractivity contribution < 1.29 is 4.74 Å². The first-order valence-electron chi connectivity index (χ1n) is 4.57. The van der Waals surface area contributed by atoms with Gasteiger partial charge < -0.3 is 4.74 Å². The quantitative estimate of drug-likeness (QED) is 0.848. The molecule has 1 aromatic heterocycles. The normalized spacial score (nSPS) is 10.3. The topological polar surface area (TPSA) is 37.9 Å². The summed E-state index contributed by atoms with van der Waals surface area (Å²) in [6.07, 6.45) is 0. The first-order valence-corrected chi connectivity index (χ1v) is 4.95. The van der Waals surface area contributed by atoms with Crippen molar-refractivity contribution in [2.45, 2.75) is 6.92 Å². The Morgan fingerprint density at radius 3 is 2.80 bits per heavy atom. The minimum Gasteiger partial charge on any atom is -0.497 e. The van der Waals surface area contributed by atoms with Crippen LogP contribution >= 0.6 is 11.6 Å². The zero-order valence-corrected chi connectivity index (χ0v) is 9.30. The first kappa shape index (κ1) is 10.1. The maximum Gasteiger partial charge on any atom is 0.119 e. The van der Waals surface area contributed by atoms with Crippen molar-refractivity contribution in [3.63, 3.8) is 0 Å². The van der Waals surface area contributed by atoms with Crippen LogP contribution in [-0.2, 0) is 0 Å². The number of aryl methyl sites for hydroxylation is 1. The number of rotatable bonds is 2. The molecule has 2 aromatic rings. The highest BCUT2D eigenvalue weighted by Gasteiger charge is 2.10. The van der Waals surface area contributed by atoms with Gasteiger partial charge in [0, 0.05) is 5.56 Å². The van der Waals surface area contributed by atoms with Gasteiger partial charge in [0.2, 0.25) is 0 Å². The molecule has 1 heterocycles. The SMILES string of the molecule is COc1cccc(-c2n[nH]c(C)c2Cl)c1. The molecule has 0 saturated heterocycles. The van der Waals surface area contributed by atoms with Gasteiger partial charge in [-0.15, -0.1) is 0 Å². The van der Waals surface area contributed by atoms with E-state index in [2.05, 4.69) is 10.2 Å². The molecule has 0 saturated carbocycles. The molecule has 0 spiro atoms. The van der Waals surface area contributed by atoms with Crippen LogP contribution in [0.5, 0.6) is 5.75 Å². The van der Waals surface area contributed by atoms with Gasteiger partial charge in [-0.3, -0.25) is 5.10 Å². The number of aromatic amines is 1. The van der Waals surface area contributed by atoms with E-state index in [9.17, 15) is 0 Å². The van der Waals surface area contributed by atoms with Gasteiger partial charge in [-0.25, -0.2) is 0 Å². The third-order valence-electron chi connectivity index (χ3n) is 2.22. The molecule has 0 fully saturated rings. The Kier molecular flexibility index (Phi) is 2.64. The molecular weight excluding hydrogens is 212 g/mol. The molecule has 2 rings (SSSR count). The van der Waals surface area contributed by atoms with Gasteiger partial charge in [-0.05, 0) is 19.1 Å². The summed E-state index contributed by atoms with van der Waals surface area (Å²) >= 11 is 6.10. The summed E-state index contributed by atoms with van der Waals surface area (Å²) in [6, 6.07) is 7.65. The first-order chi connectivity index (χ1) is 7.22. The van der Waals surface area contributed by atoms with Gasteiger partial charge in [0.05, 0.1) is 17.8 Å². The van der Waals surface area contributed by atoms with E-state index in [0.717, 1.165) is 22.7 Å². The molecule has 4 heteroatoms. The van der Waals surface area contributed by atoms with Crippen LogP contribution in [0.1, 0.15) is 5.69 Å². The number of H-pyrrole nitrogens is 1. The fraction of sp³-hybridized carbons (Fsp3) is 0.182. The monoisotopic (exact) mass is 222 g/mol. The van der Waals surface area contributed by atoms with Crippen LogP contribution in [-0.4, -0.2) is 17.3 Å². The lowest BCUT2D eigenvalue weighted by Gasteiger charge is -2.01. The Balaban J connectivity index is 2.49. The Hall–Kier alpha value is -1.48. The van der Waals surface area contributed by atoms with E-state index in [-0.39, 0.29) is 0 Å². The lowest BCUT2D eigenvalue weighted by atomic mass is 10.1. The Labute approximate surface area is 93.0 Å². The minimum absolute atomic E-state index is 0.656. The fourth-order valence-electron chi connectivity index (χ4n) is 1.38. The molecule has 1 aromatic carbocycles. The van der Waals surface area contributed by atoms with Gasteiger partial charge in [-0.1, -0.05) is 23.7 Å². The van der Waals surface area contributed by atoms with Gasteiger partial charge >= 0.3 is 0 Å². The highest BCUT2D eigenvalue weighted by atomic mass is 35.5. The third-order valence-corrected chi connectivity index (χ3v) is 2.68. The number of nitrogens with zero attached hydrogens (tertiary/aromatic N) is 1. The molecule has 0 aliphatic rings. The molecule has 0 bridgehead atoms. The van der Waals surface area contributed by atoms with Crippen molar-refractivity contribution in [2.24, 2.45) is 0 Å². The highest BCUT2D eigenvalue weighted by molar-refractivity contribution is 6.33. The molecule has 0 unspecified atom stereocenters. The highest BCUT2D eigenvalue weighted by Crippen LogP contribution is 2.29. The predicted molar refractivity (Wildman–Crippen MR) is 60.3 cm³/mol. The Morgan fingerprint density at radius 1 is 1.40 bits per heavy atom. The maximum absolute atomic E-state index is 6.10. The minimum atomic E-state index is 0.656. The largest absolute Gasteiger partial charge is 0.497 e. The lowest BCUT2D eigenvalue weighted by molar-refractivity contribution is 0.415. The van der Waals surface area contributed by atoms with Gasteiger partial charge in [0.15, 0.2) is 0 Å². The van der Waals surface area contributed by atoms with Crippen molar-refractivity contribution in [2.75, 3.05) is 7.11 Å². The second-order valence-corrected chi connectivity index (χ2v) is 3.62. The number of hydrogen-bond acceptors (Lipinski definition) is 2. The second-order valence-electron chi connectivity index (χ2n) is 3.24. The Bertz CT molecular complexity index is 479. The van der Waals surface area contributed by atoms with E-state index in [1.165, 1.54) is 0 Å². The van der Waals surface area contributed by atoms with Crippen molar-refractivity contribution >= 4 is 11.6 Å². The van der Waals surface area contributed by atoms with Crippen molar-refractivity contribution in [1.29, 1.82) is 0 Å². The van der Waals surface area contributed by atoms with Crippen LogP contribution in [0.2, 0.25) is 5.02 Å². The van der Waals surface area contributed by atoms with E-state index in [1.54, 1.807) is 7.11 Å². The summed E-state index contributed by atoms with van der Waals surface area (Å²) in [5, 5.41) is 7.65. The average molecular weight is 223 g/mol. The Morgan fingerprint density at radius 2 is 2.20 bits per heavy atom. The van der Waals surface area contributed by atoms with Gasteiger partial charge in [-0.2, -0.15) is 5.10 Å². The van der Waals surface area contributed by atoms with E-state index in [1.807, 2.05) is 31.2 Å². The maximum atomic E-state index is 6.10. The van der Waals surface area contributed by atoms with Gasteiger partial charge in [0.25, 0.3) is 0 Å². The summed E-state index contributed by atoms with van der Waals surface area (Å²) < 4.78 is 5.14. The number of halogens is 1. The summed E-state index contributed by atoms with van der Waals surface area (Å²) in [4.78, 5) is 0. The summed E-state index contributed by atoms with van der Waals surface area (Å²) in [6.45, 7) is 1.89. The lowest BCUT2D eigenvalue weighted by Crippen LogP contribution is -1.84. The third kappa shape index (κ3) is 1.83. The molecule has 0 aliphatic carbocycles. The molecule has 0 atom stereocenters. The fourth-order valence-corrected chi connectivity index (χ4v) is 1.57. The van der Waals surface area contributed by atoms with Crippen molar-refractivity contribution in [3.8, 4) is 17.0 Å². The smallest absolute Gasteiger partial charge is 0.119 e. The van der Waals surface area contributed by atoms with Crippen LogP contribution in [0, 0.1) is 6.92 Å². The zero-order valence-electron chi connectivity index (χ0n) is 8.54. The summed E-state index contributed by atoms with van der Waals surface area (Å²) in [7, 11) is 1.64. The van der Waals surface area contributed by atoms with E-state index >= 15 is 0 Å². The van der Waals surface area contributed by atoms with Crippen LogP contribution in [0.15, 0.2) is 24.3 Å². The number of aromatic nitrogens is 2. The zero-order chi connectivity index (χ0) is 10.8. The predicted octanol–water partition coefficient (Wildman–Crippen LogP) is 3.05. The molecule has 1 N–H and O–H groups in total. The molecular formula is C11H11ClN2O. The molecule has 3 nitrogen and oxygen atoms in total. The van der Waals surface area contributed by atoms with Crippen molar-refractivity contribution in [1.82, 2.24) is 10.2 Å². The summed E-state index contributed by atoms with van der Waals surface area (Å²) in [5.41, 5.74) is 2.58. The van der Waals surface area contributed by atoms with Crippen LogP contribution in [0.25, 0.3) is 11.3 Å². The number of benzene rings is 1. The van der Waals surface area contributed by atoms with Crippen LogP contribution in [0.4, 0.5) is 0 Å². The van der Waals surface area contributed by atoms with Crippen LogP contribution < -0.4 is 4.74 Å². The van der Waals surface area contributed by atoms with Gasteiger partial charge in [0.1, 0.15) is 11.4 Å². The molecule has 0 radical (unpaired) electrons. The molecule has 0 amide bonds. The molecule has 15 heavy (non-hydrogen) atoms. The number of methoxy groups -OCH3 is 1. The van der Waals surface area contributed by atoms with E-state index in [0.29, 0.717) is 5.02 Å². The van der Waals surface area contributed by atoms with E-state index in [4.69, 9.17) is 16.3 Å². The number of nitrogens with one attached hydrogen (secondary N) is 1.